The Morgan fingerprint density at radius 1 is 0.776 bits per heavy atom. The Bertz CT molecular complexity index is 2050. The second-order valence-corrected chi connectivity index (χ2v) is 23.3. The average Bonchev–Trinajstić information content (AvgIpc) is 4.12. The fourth-order valence-electron chi connectivity index (χ4n) is 17.0. The van der Waals surface area contributed by atoms with Crippen molar-refractivity contribution in [2.75, 3.05) is 32.8 Å². The highest BCUT2D eigenvalue weighted by molar-refractivity contribution is 9.09. The van der Waals surface area contributed by atoms with Gasteiger partial charge in [0.1, 0.15) is 11.9 Å². The maximum absolute atomic E-state index is 13.3. The second kappa shape index (κ2) is 22.0. The number of nitrogens with one attached hydrogen (secondary N) is 1. The number of aliphatic hydroxyl groups is 2. The predicted octanol–water partition coefficient (Wildman–Crippen LogP) is 10.8. The number of nitriles is 1. The van der Waals surface area contributed by atoms with Gasteiger partial charge >= 0.3 is 0 Å². The molecule has 67 heavy (non-hydrogen) atoms. The van der Waals surface area contributed by atoms with Crippen LogP contribution in [0.25, 0.3) is 4.85 Å². The van der Waals surface area contributed by atoms with Crippen LogP contribution in [0, 0.1) is 99.7 Å². The van der Waals surface area contributed by atoms with Crippen LogP contribution in [0.2, 0.25) is 0 Å². The summed E-state index contributed by atoms with van der Waals surface area (Å²) in [5, 5.41) is 41.6. The number of aromatic amines is 1. The Hall–Kier alpha value is -2.94. The molecule has 0 radical (unpaired) electrons. The van der Waals surface area contributed by atoms with Crippen molar-refractivity contribution in [1.29, 1.82) is 5.26 Å². The van der Waals surface area contributed by atoms with Crippen molar-refractivity contribution in [3.05, 3.63) is 41.8 Å². The largest absolute Gasteiger partial charge is 0.387 e. The first-order valence-electron chi connectivity index (χ1n) is 25.0. The minimum Gasteiger partial charge on any atom is -0.387 e. The molecule has 0 amide bonds. The summed E-state index contributed by atoms with van der Waals surface area (Å²) in [4.78, 5) is 28.9. The van der Waals surface area contributed by atoms with Crippen LogP contribution in [-0.2, 0) is 25.6 Å². The van der Waals surface area contributed by atoms with E-state index in [0.717, 1.165) is 92.8 Å². The van der Waals surface area contributed by atoms with Gasteiger partial charge in [0, 0.05) is 38.4 Å². The maximum atomic E-state index is 13.3. The highest BCUT2D eigenvalue weighted by atomic mass is 79.9. The van der Waals surface area contributed by atoms with Crippen LogP contribution in [0.1, 0.15) is 150 Å². The highest BCUT2D eigenvalue weighted by Gasteiger charge is 2.60. The Kier molecular flexibility index (Phi) is 17.5. The summed E-state index contributed by atoms with van der Waals surface area (Å²) in [5.74, 6) is 8.47. The molecule has 2 heterocycles. The van der Waals surface area contributed by atoms with Gasteiger partial charge in [0.05, 0.1) is 60.8 Å². The van der Waals surface area contributed by atoms with Crippen molar-refractivity contribution < 1.29 is 29.3 Å². The van der Waals surface area contributed by atoms with E-state index in [1.165, 1.54) is 76.6 Å². The van der Waals surface area contributed by atoms with Gasteiger partial charge in [-0.1, -0.05) is 44.6 Å². The van der Waals surface area contributed by atoms with Crippen LogP contribution in [0.3, 0.4) is 0 Å². The van der Waals surface area contributed by atoms with E-state index in [1.807, 2.05) is 0 Å². The van der Waals surface area contributed by atoms with E-state index < -0.39 is 11.2 Å². The molecule has 13 heteroatoms. The molecule has 0 aromatic carbocycles. The van der Waals surface area contributed by atoms with Crippen LogP contribution in [0.15, 0.2) is 24.8 Å². The lowest BCUT2D eigenvalue weighted by molar-refractivity contribution is -0.136. The number of hydrogen-bond acceptors (Lipinski definition) is 9. The number of fused-ring (bicyclic) bond motifs is 10. The molecule has 372 valence electrons. The van der Waals surface area contributed by atoms with Crippen molar-refractivity contribution in [1.82, 2.24) is 20.0 Å². The Morgan fingerprint density at radius 3 is 1.70 bits per heavy atom. The molecule has 0 unspecified atom stereocenters. The van der Waals surface area contributed by atoms with Crippen molar-refractivity contribution in [2.24, 2.45) is 81.8 Å². The monoisotopic (exact) mass is 991 g/mol. The third-order valence-corrected chi connectivity index (χ3v) is 20.2. The first-order valence-corrected chi connectivity index (χ1v) is 26.2. The minimum absolute atomic E-state index is 0. The van der Waals surface area contributed by atoms with Crippen LogP contribution < -0.4 is 0 Å². The summed E-state index contributed by atoms with van der Waals surface area (Å²) in [5.41, 5.74) is 0.184. The van der Waals surface area contributed by atoms with Crippen molar-refractivity contribution >= 4 is 33.2 Å². The number of ketones is 2. The summed E-state index contributed by atoms with van der Waals surface area (Å²) < 4.78 is 12.3. The number of methoxy groups -OCH3 is 2. The van der Waals surface area contributed by atoms with E-state index in [9.17, 15) is 19.8 Å². The van der Waals surface area contributed by atoms with Gasteiger partial charge in [-0.15, -0.1) is 0 Å². The van der Waals surface area contributed by atoms with Gasteiger partial charge in [0.25, 0.3) is 0 Å². The zero-order chi connectivity index (χ0) is 46.1. The second-order valence-electron chi connectivity index (χ2n) is 22.7. The summed E-state index contributed by atoms with van der Waals surface area (Å²) >= 11 is 3.42. The molecule has 0 saturated heterocycles. The predicted molar refractivity (Wildman–Crippen MR) is 264 cm³/mol. The number of nitrogens with zero attached hydrogens (tertiary/aromatic N) is 5. The van der Waals surface area contributed by atoms with Crippen molar-refractivity contribution in [3.63, 3.8) is 0 Å². The zero-order valence-electron chi connectivity index (χ0n) is 39.4. The fraction of sp³-hybridized carbons (Fsp3) is 0.815. The summed E-state index contributed by atoms with van der Waals surface area (Å²) in [6.45, 7) is 12.5. The van der Waals surface area contributed by atoms with Crippen LogP contribution in [0.5, 0.6) is 0 Å². The number of carbonyl (C=O) groups is 2. The number of halogens is 1. The zero-order valence-corrected chi connectivity index (χ0v) is 41.0. The van der Waals surface area contributed by atoms with Crippen LogP contribution in [0.4, 0.5) is 5.69 Å². The normalized spacial score (nSPS) is 41.0. The van der Waals surface area contributed by atoms with Crippen LogP contribution >= 0.6 is 15.9 Å². The number of alkyl halides is 1. The number of aromatic nitrogens is 4. The molecular weight excluding hydrogens is 909 g/mol. The first kappa shape index (κ1) is 53.4. The molecule has 12 nitrogen and oxygen atoms in total. The molecule has 10 rings (SSSR count). The number of hydrogen-bond donors (Lipinski definition) is 3. The fourth-order valence-corrected chi connectivity index (χ4v) is 17.3. The molecular formula is C54H83BrN6O6. The van der Waals surface area contributed by atoms with Crippen molar-refractivity contribution in [3.8, 4) is 6.07 Å². The minimum atomic E-state index is -0.630. The smallest absolute Gasteiger partial charge is 0.223 e. The topological polar surface area (TPSA) is 168 Å². The molecule has 8 aliphatic carbocycles. The van der Waals surface area contributed by atoms with Gasteiger partial charge in [-0.05, 0) is 186 Å². The van der Waals surface area contributed by atoms with Crippen molar-refractivity contribution in [2.45, 2.75) is 162 Å². The lowest BCUT2D eigenvalue weighted by Gasteiger charge is -2.57. The average molecular weight is 992 g/mol. The van der Waals surface area contributed by atoms with E-state index in [0.29, 0.717) is 53.3 Å². The number of Topliss-reactive ketones (excluding diaryl/α,β-unsaturated/α-hetero) is 2. The highest BCUT2D eigenvalue weighted by Crippen LogP contribution is 2.66. The van der Waals surface area contributed by atoms with Gasteiger partial charge < -0.3 is 19.7 Å². The molecule has 0 spiro atoms. The third kappa shape index (κ3) is 10.6. The third-order valence-electron chi connectivity index (χ3n) is 19.6. The van der Waals surface area contributed by atoms with E-state index in [4.69, 9.17) is 21.3 Å². The summed E-state index contributed by atoms with van der Waals surface area (Å²) in [6, 6.07) is 2.09. The van der Waals surface area contributed by atoms with Gasteiger partial charge in [-0.3, -0.25) is 19.4 Å². The van der Waals surface area contributed by atoms with Gasteiger partial charge in [-0.25, -0.2) is 4.85 Å². The Morgan fingerprint density at radius 2 is 1.28 bits per heavy atom. The van der Waals surface area contributed by atoms with Gasteiger partial charge in [-0.2, -0.15) is 15.5 Å². The SMILES string of the molecule is C.C.COC[C@@]1(O)CC[C@H]2[C@H](CC[C@@H]3[C@@H]2CC[C@]2(C)[C@@H](C(=O)CBr)CC[C@@H]32)C1.COC[C@@]1(O)CC[C@H]2[C@H](CC[C@@H]3[C@@H]2CC[C@]2(C)[C@@H](C(=O)Cn4cc(C#N)cn4)CC[C@@H]32)C1.[C-]#[N+]c1cn[nH]c1. The molecule has 8 aliphatic rings. The van der Waals surface area contributed by atoms with E-state index in [-0.39, 0.29) is 49.8 Å². The molecule has 3 N–H and O–H groups in total. The number of ether oxygens (including phenoxy) is 2. The lowest BCUT2D eigenvalue weighted by Crippen LogP contribution is -2.52. The molecule has 8 saturated carbocycles. The van der Waals surface area contributed by atoms with E-state index in [1.54, 1.807) is 31.3 Å². The Balaban J connectivity index is 0.000000191. The lowest BCUT2D eigenvalue weighted by atomic mass is 9.49. The molecule has 0 aliphatic heterocycles. The number of H-pyrrole nitrogens is 1. The maximum Gasteiger partial charge on any atom is 0.223 e. The number of rotatable bonds is 9. The molecule has 16 atom stereocenters. The number of carbonyl (C=O) groups excluding carboxylic acids is 2. The first-order chi connectivity index (χ1) is 31.2. The van der Waals surface area contributed by atoms with Crippen LogP contribution in [-0.4, -0.2) is 85.7 Å². The van der Waals surface area contributed by atoms with E-state index >= 15 is 0 Å². The molecule has 2 aromatic heterocycles. The van der Waals surface area contributed by atoms with Gasteiger partial charge in [0.15, 0.2) is 5.78 Å². The Labute approximate surface area is 410 Å². The molecule has 0 bridgehead atoms. The quantitative estimate of drug-likeness (QED) is 0.164. The summed E-state index contributed by atoms with van der Waals surface area (Å²) in [6.07, 6.45) is 26.6. The summed E-state index contributed by atoms with van der Waals surface area (Å²) in [7, 11) is 3.39. The standard InChI is InChI=1S/C26H37N3O3.C22H35BrO3.C4H3N3.2CH4/c1-25-9-7-20-19-8-10-26(31,16-32-2)11-18(19)3-4-21(20)22(25)5-6-23(25)24(30)15-29-14-17(12-27)13-28-29;1-21-9-7-16-15-8-10-22(25,13-26-2)11-14(15)3-4-17(16)18(21)5-6-19(21)20(24)12-23;1-5-4-2-6-7-3-4;;/h13-14,18-23,31H,3-11,15-16H2,1-2H3;14-19,25H,3-13H2,1-2H3;2-3H,(H,6,7);2*1H4/t18-,19+,20-,21-,22+,23-,25+,26-;14-,15+,16-,17-,18+,19-,21+,22-;;;/m11.../s1. The molecule has 8 fully saturated rings. The van der Waals surface area contributed by atoms with Gasteiger partial charge in [0.2, 0.25) is 5.69 Å². The van der Waals surface area contributed by atoms with E-state index in [2.05, 4.69) is 56.0 Å². The molecule has 2 aromatic rings.